The zero-order valence-corrected chi connectivity index (χ0v) is 20.0. The molecule has 3 rings (SSSR count). The summed E-state index contributed by atoms with van der Waals surface area (Å²) in [6.07, 6.45) is 4.74. The van der Waals surface area contributed by atoms with E-state index in [2.05, 4.69) is 42.3 Å². The van der Waals surface area contributed by atoms with Gasteiger partial charge < -0.3 is 20.1 Å². The third-order valence-corrected chi connectivity index (χ3v) is 6.46. The molecule has 178 valence electrons. The summed E-state index contributed by atoms with van der Waals surface area (Å²) < 4.78 is 5.64. The zero-order valence-electron chi connectivity index (χ0n) is 20.0. The van der Waals surface area contributed by atoms with Crippen molar-refractivity contribution in [3.05, 3.63) is 59.2 Å². The van der Waals surface area contributed by atoms with Crippen LogP contribution in [0.5, 0.6) is 5.75 Å². The second-order valence-electron chi connectivity index (χ2n) is 8.77. The van der Waals surface area contributed by atoms with Crippen LogP contribution in [0, 0.1) is 5.92 Å². The monoisotopic (exact) mass is 452 g/mol. The quantitative estimate of drug-likeness (QED) is 0.517. The molecule has 1 aliphatic rings. The van der Waals surface area contributed by atoms with Crippen LogP contribution in [0.1, 0.15) is 74.0 Å². The van der Waals surface area contributed by atoms with Gasteiger partial charge in [0.15, 0.2) is 0 Å². The summed E-state index contributed by atoms with van der Waals surface area (Å²) in [7, 11) is 0. The van der Waals surface area contributed by atoms with E-state index in [1.165, 1.54) is 37.1 Å². The molecule has 2 N–H and O–H groups in total. The first-order valence-corrected chi connectivity index (χ1v) is 12.1. The van der Waals surface area contributed by atoms with Crippen LogP contribution in [0.15, 0.2) is 42.5 Å². The highest BCUT2D eigenvalue weighted by Crippen LogP contribution is 2.34. The van der Waals surface area contributed by atoms with Crippen molar-refractivity contribution in [3.63, 3.8) is 0 Å². The van der Waals surface area contributed by atoms with E-state index < -0.39 is 5.97 Å². The number of benzene rings is 2. The van der Waals surface area contributed by atoms with Crippen molar-refractivity contribution in [2.24, 2.45) is 5.92 Å². The molecule has 1 aliphatic heterocycles. The molecule has 0 bridgehead atoms. The van der Waals surface area contributed by atoms with Gasteiger partial charge in [-0.2, -0.15) is 0 Å². The van der Waals surface area contributed by atoms with Crippen LogP contribution in [0.2, 0.25) is 0 Å². The predicted octanol–water partition coefficient (Wildman–Crippen LogP) is 5.22. The minimum absolute atomic E-state index is 0.0993. The number of hydrogen-bond donors (Lipinski definition) is 2. The van der Waals surface area contributed by atoms with Crippen LogP contribution >= 0.6 is 0 Å². The van der Waals surface area contributed by atoms with E-state index in [0.29, 0.717) is 17.9 Å². The molecule has 1 saturated heterocycles. The van der Waals surface area contributed by atoms with Crippen molar-refractivity contribution in [2.75, 3.05) is 24.6 Å². The Hall–Kier alpha value is -3.02. The fraction of sp³-hybridized carbons (Fsp3) is 0.481. The van der Waals surface area contributed by atoms with Crippen molar-refractivity contribution in [1.82, 2.24) is 5.32 Å². The molecule has 0 radical (unpaired) electrons. The maximum Gasteiger partial charge on any atom is 0.335 e. The molecule has 6 heteroatoms. The van der Waals surface area contributed by atoms with Gasteiger partial charge in [-0.15, -0.1) is 0 Å². The number of hydrogen-bond acceptors (Lipinski definition) is 4. The van der Waals surface area contributed by atoms with Gasteiger partial charge in [-0.05, 0) is 55.9 Å². The average molecular weight is 453 g/mol. The summed E-state index contributed by atoms with van der Waals surface area (Å²) >= 11 is 0. The first kappa shape index (κ1) is 24.6. The lowest BCUT2D eigenvalue weighted by Crippen LogP contribution is -2.36. The number of carboxylic acids is 1. The van der Waals surface area contributed by atoms with Gasteiger partial charge in [0.2, 0.25) is 5.91 Å². The lowest BCUT2D eigenvalue weighted by molar-refractivity contribution is -0.121. The van der Waals surface area contributed by atoms with Crippen LogP contribution in [-0.2, 0) is 11.2 Å². The minimum atomic E-state index is -1.02. The van der Waals surface area contributed by atoms with Gasteiger partial charge in [0, 0.05) is 24.3 Å². The van der Waals surface area contributed by atoms with Crippen LogP contribution in [0.3, 0.4) is 0 Å². The van der Waals surface area contributed by atoms with E-state index in [0.717, 1.165) is 25.1 Å². The van der Waals surface area contributed by atoms with Crippen molar-refractivity contribution >= 4 is 17.6 Å². The van der Waals surface area contributed by atoms with Crippen molar-refractivity contribution in [1.29, 1.82) is 0 Å². The number of piperidine rings is 1. The number of carboxylic acid groups (broad SMARTS) is 1. The second kappa shape index (κ2) is 11.7. The molecule has 2 atom stereocenters. The summed E-state index contributed by atoms with van der Waals surface area (Å²) in [5, 5.41) is 12.6. The Balaban J connectivity index is 1.84. The van der Waals surface area contributed by atoms with Gasteiger partial charge in [0.05, 0.1) is 24.6 Å². The standard InChI is InChI=1S/C27H36N2O4/c1-4-19(3)26(22-11-7-8-12-23(22)29-15-9-6-10-16-29)28-25(30)18-20-13-14-21(27(31)32)17-24(20)33-5-2/h7-8,11-14,17,19,26H,4-6,9-10,15-16,18H2,1-3H3,(H,28,30)(H,31,32)/t19?,26-/m1/s1. The Morgan fingerprint density at radius 2 is 1.82 bits per heavy atom. The maximum absolute atomic E-state index is 13.2. The Labute approximate surface area is 196 Å². The molecule has 33 heavy (non-hydrogen) atoms. The fourth-order valence-electron chi connectivity index (χ4n) is 4.46. The van der Waals surface area contributed by atoms with E-state index in [9.17, 15) is 14.7 Å². The fourth-order valence-corrected chi connectivity index (χ4v) is 4.46. The van der Waals surface area contributed by atoms with Gasteiger partial charge in [0.25, 0.3) is 0 Å². The normalized spacial score (nSPS) is 15.5. The van der Waals surface area contributed by atoms with Gasteiger partial charge in [-0.1, -0.05) is 44.5 Å². The number of anilines is 1. The summed E-state index contributed by atoms with van der Waals surface area (Å²) in [6.45, 7) is 8.65. The molecule has 6 nitrogen and oxygen atoms in total. The van der Waals surface area contributed by atoms with Crippen LogP contribution in [0.4, 0.5) is 5.69 Å². The van der Waals surface area contributed by atoms with Gasteiger partial charge in [-0.25, -0.2) is 4.79 Å². The highest BCUT2D eigenvalue weighted by molar-refractivity contribution is 5.88. The lowest BCUT2D eigenvalue weighted by Gasteiger charge is -2.34. The number of ether oxygens (including phenoxy) is 1. The summed E-state index contributed by atoms with van der Waals surface area (Å²) in [5.74, 6) is -0.405. The number of nitrogens with zero attached hydrogens (tertiary/aromatic N) is 1. The van der Waals surface area contributed by atoms with E-state index in [-0.39, 0.29) is 29.9 Å². The SMILES string of the molecule is CCOc1cc(C(=O)O)ccc1CC(=O)N[C@@H](c1ccccc1N1CCCCC1)C(C)CC. The molecule has 2 aromatic rings. The minimum Gasteiger partial charge on any atom is -0.494 e. The largest absolute Gasteiger partial charge is 0.494 e. The van der Waals surface area contributed by atoms with Gasteiger partial charge >= 0.3 is 5.97 Å². The second-order valence-corrected chi connectivity index (χ2v) is 8.77. The zero-order chi connectivity index (χ0) is 23.8. The number of carbonyl (C=O) groups is 2. The summed E-state index contributed by atoms with van der Waals surface area (Å²) in [5.41, 5.74) is 3.21. The Kier molecular flexibility index (Phi) is 8.75. The molecule has 0 aliphatic carbocycles. The average Bonchev–Trinajstić information content (AvgIpc) is 2.83. The number of aromatic carboxylic acids is 1. The number of carbonyl (C=O) groups excluding carboxylic acids is 1. The summed E-state index contributed by atoms with van der Waals surface area (Å²) in [6, 6.07) is 13.0. The molecule has 1 amide bonds. The lowest BCUT2D eigenvalue weighted by atomic mass is 9.90. The first-order valence-electron chi connectivity index (χ1n) is 12.1. The van der Waals surface area contributed by atoms with Crippen LogP contribution < -0.4 is 15.0 Å². The molecular weight excluding hydrogens is 416 g/mol. The number of para-hydroxylation sites is 1. The molecule has 1 unspecified atom stereocenters. The molecule has 2 aromatic carbocycles. The van der Waals surface area contributed by atoms with E-state index >= 15 is 0 Å². The van der Waals surface area contributed by atoms with Gasteiger partial charge in [0.1, 0.15) is 5.75 Å². The molecule has 0 aromatic heterocycles. The Bertz CT molecular complexity index is 953. The smallest absolute Gasteiger partial charge is 0.335 e. The molecule has 1 heterocycles. The van der Waals surface area contributed by atoms with Crippen molar-refractivity contribution in [2.45, 2.75) is 58.9 Å². The van der Waals surface area contributed by atoms with E-state index in [1.54, 1.807) is 6.07 Å². The summed E-state index contributed by atoms with van der Waals surface area (Å²) in [4.78, 5) is 27.0. The third kappa shape index (κ3) is 6.28. The Morgan fingerprint density at radius 1 is 1.09 bits per heavy atom. The Morgan fingerprint density at radius 3 is 2.48 bits per heavy atom. The number of nitrogens with one attached hydrogen (secondary N) is 1. The van der Waals surface area contributed by atoms with E-state index in [4.69, 9.17) is 4.74 Å². The predicted molar refractivity (Wildman–Crippen MR) is 131 cm³/mol. The maximum atomic E-state index is 13.2. The van der Waals surface area contributed by atoms with Crippen molar-refractivity contribution in [3.8, 4) is 5.75 Å². The van der Waals surface area contributed by atoms with Crippen LogP contribution in [-0.4, -0.2) is 36.7 Å². The number of amides is 1. The highest BCUT2D eigenvalue weighted by atomic mass is 16.5. The molecule has 1 fully saturated rings. The van der Waals surface area contributed by atoms with Gasteiger partial charge in [-0.3, -0.25) is 4.79 Å². The molecule has 0 saturated carbocycles. The molecule has 0 spiro atoms. The third-order valence-electron chi connectivity index (χ3n) is 6.46. The number of rotatable bonds is 10. The molecular formula is C27H36N2O4. The first-order chi connectivity index (χ1) is 15.9. The van der Waals surface area contributed by atoms with E-state index in [1.807, 2.05) is 13.0 Å². The highest BCUT2D eigenvalue weighted by Gasteiger charge is 2.26. The van der Waals surface area contributed by atoms with Crippen molar-refractivity contribution < 1.29 is 19.4 Å². The topological polar surface area (TPSA) is 78.9 Å². The van der Waals surface area contributed by atoms with Crippen LogP contribution in [0.25, 0.3) is 0 Å².